The van der Waals surface area contributed by atoms with E-state index in [2.05, 4.69) is 44.5 Å². The topological polar surface area (TPSA) is 189 Å². The average molecular weight is 713 g/mol. The van der Waals surface area contributed by atoms with E-state index in [-0.39, 0.29) is 56.3 Å². The maximum Gasteiger partial charge on any atom is 0.152 e. The fraction of sp³-hybridized carbons (Fsp3) is 0.0345. The van der Waals surface area contributed by atoms with Gasteiger partial charge in [0, 0.05) is 50.9 Å². The van der Waals surface area contributed by atoms with Crippen molar-refractivity contribution in [2.75, 3.05) is 12.4 Å². The number of anilines is 2. The summed E-state index contributed by atoms with van der Waals surface area (Å²) in [7, 11) is 1.41. The Bertz CT molecular complexity index is 1850. The van der Waals surface area contributed by atoms with Gasteiger partial charge in [0.2, 0.25) is 0 Å². The molecule has 17 heteroatoms. The Morgan fingerprint density at radius 2 is 1.46 bits per heavy atom. The Labute approximate surface area is 280 Å². The molecular formula is C29H23CuN5O9S2. The number of nitrogens with one attached hydrogen (secondary N) is 1. The SMILES string of the molecule is COc1cc(N=Nc2c(SOOO)cc3cc(Nc4ccccc4)ccc3c2O)c(O)cc1N=Nc1cccc(SOOO)c1.[Cu]. The van der Waals surface area contributed by atoms with Gasteiger partial charge in [-0.1, -0.05) is 34.3 Å². The predicted octanol–water partition coefficient (Wildman–Crippen LogP) is 9.69. The number of phenols is 2. The molecule has 0 saturated heterocycles. The fourth-order valence-corrected chi connectivity index (χ4v) is 4.97. The van der Waals surface area contributed by atoms with Crippen LogP contribution in [-0.4, -0.2) is 27.8 Å². The van der Waals surface area contributed by atoms with E-state index in [4.69, 9.17) is 15.3 Å². The van der Waals surface area contributed by atoms with Crippen molar-refractivity contribution in [2.24, 2.45) is 20.5 Å². The van der Waals surface area contributed by atoms with E-state index in [0.717, 1.165) is 23.4 Å². The quantitative estimate of drug-likeness (QED) is 0.0256. The molecular weight excluding hydrogens is 690 g/mol. The van der Waals surface area contributed by atoms with Crippen LogP contribution in [0.25, 0.3) is 10.8 Å². The van der Waals surface area contributed by atoms with Crippen LogP contribution in [-0.2, 0) is 35.8 Å². The van der Waals surface area contributed by atoms with Gasteiger partial charge >= 0.3 is 0 Å². The predicted molar refractivity (Wildman–Crippen MR) is 166 cm³/mol. The standard InChI is InChI=1S/C29H23N5O9S2.Cu/c1-39-26-16-23(25(35)15-24(26)33-31-20-8-5-9-21(14-20)44-42-40-37)32-34-28-27(45-43-41-38)13-17-12-19(10-11-22(17)29(28)36)30-18-6-3-2-4-7-18;/h2-16,30,35-38H,1H3;. The monoisotopic (exact) mass is 712 g/mol. The van der Waals surface area contributed by atoms with Crippen LogP contribution in [0.1, 0.15) is 0 Å². The summed E-state index contributed by atoms with van der Waals surface area (Å²) in [5, 5.41) is 67.3. The first-order chi connectivity index (χ1) is 22.0. The number of fused-ring (bicyclic) bond motifs is 1. The second-order valence-corrected chi connectivity index (χ2v) is 10.4. The number of aromatic hydroxyl groups is 2. The summed E-state index contributed by atoms with van der Waals surface area (Å²) >= 11 is 1.36. The molecule has 5 aromatic rings. The summed E-state index contributed by atoms with van der Waals surface area (Å²) in [4.78, 5) is 0.837. The number of azo groups is 2. The number of ether oxygens (including phenoxy) is 1. The molecule has 0 aliphatic carbocycles. The summed E-state index contributed by atoms with van der Waals surface area (Å²) in [6.45, 7) is 0. The van der Waals surface area contributed by atoms with Crippen molar-refractivity contribution in [3.8, 4) is 17.2 Å². The summed E-state index contributed by atoms with van der Waals surface area (Å²) < 4.78 is 14.5. The zero-order valence-corrected chi connectivity index (χ0v) is 26.0. The maximum atomic E-state index is 11.2. The van der Waals surface area contributed by atoms with Gasteiger partial charge in [-0.15, -0.1) is 24.0 Å². The number of rotatable bonds is 13. The van der Waals surface area contributed by atoms with Gasteiger partial charge in [-0.05, 0) is 60.0 Å². The molecule has 0 amide bonds. The first kappa shape index (κ1) is 34.6. The number of methoxy groups -OCH3 is 1. The normalized spacial score (nSPS) is 11.3. The molecule has 241 valence electrons. The Kier molecular flexibility index (Phi) is 12.7. The van der Waals surface area contributed by atoms with Gasteiger partial charge in [-0.3, -0.25) is 0 Å². The van der Waals surface area contributed by atoms with Gasteiger partial charge < -0.3 is 20.3 Å². The van der Waals surface area contributed by atoms with E-state index in [1.54, 1.807) is 42.5 Å². The molecule has 0 aromatic heterocycles. The van der Waals surface area contributed by atoms with Crippen LogP contribution in [0.3, 0.4) is 0 Å². The van der Waals surface area contributed by atoms with E-state index in [0.29, 0.717) is 33.4 Å². The smallest absolute Gasteiger partial charge is 0.152 e. The van der Waals surface area contributed by atoms with Crippen molar-refractivity contribution in [1.29, 1.82) is 0 Å². The molecule has 0 bridgehead atoms. The first-order valence-corrected chi connectivity index (χ1v) is 14.2. The van der Waals surface area contributed by atoms with Gasteiger partial charge in [0.1, 0.15) is 28.6 Å². The molecule has 0 spiro atoms. The molecule has 0 aliphatic heterocycles. The zero-order valence-electron chi connectivity index (χ0n) is 23.4. The van der Waals surface area contributed by atoms with Crippen molar-refractivity contribution in [3.63, 3.8) is 0 Å². The third kappa shape index (κ3) is 8.71. The van der Waals surface area contributed by atoms with Gasteiger partial charge in [-0.2, -0.15) is 5.11 Å². The van der Waals surface area contributed by atoms with Crippen LogP contribution < -0.4 is 10.1 Å². The summed E-state index contributed by atoms with van der Waals surface area (Å²) in [6.07, 6.45) is 0. The molecule has 0 saturated carbocycles. The van der Waals surface area contributed by atoms with Crippen molar-refractivity contribution in [1.82, 2.24) is 0 Å². The van der Waals surface area contributed by atoms with Crippen molar-refractivity contribution in [3.05, 3.63) is 91.0 Å². The van der Waals surface area contributed by atoms with Gasteiger partial charge in [-0.25, -0.2) is 10.5 Å². The Morgan fingerprint density at radius 3 is 2.22 bits per heavy atom. The minimum Gasteiger partial charge on any atom is -0.506 e. The molecule has 14 nitrogen and oxygen atoms in total. The molecule has 0 aliphatic rings. The minimum atomic E-state index is -0.299. The van der Waals surface area contributed by atoms with Gasteiger partial charge in [0.15, 0.2) is 5.75 Å². The Hall–Kier alpha value is -4.26. The van der Waals surface area contributed by atoms with Gasteiger partial charge in [0.25, 0.3) is 0 Å². The first-order valence-electron chi connectivity index (χ1n) is 12.7. The van der Waals surface area contributed by atoms with Crippen molar-refractivity contribution in [2.45, 2.75) is 9.79 Å². The third-order valence-electron chi connectivity index (χ3n) is 6.05. The molecule has 0 fully saturated rings. The molecule has 5 rings (SSSR count). The summed E-state index contributed by atoms with van der Waals surface area (Å²) in [5.41, 5.74) is 2.28. The molecule has 5 N–H and O–H groups in total. The summed E-state index contributed by atoms with van der Waals surface area (Å²) in [5.74, 6) is -0.298. The molecule has 46 heavy (non-hydrogen) atoms. The van der Waals surface area contributed by atoms with E-state index < -0.39 is 0 Å². The largest absolute Gasteiger partial charge is 0.506 e. The van der Waals surface area contributed by atoms with E-state index in [1.807, 2.05) is 36.4 Å². The molecule has 5 aromatic carbocycles. The molecule has 0 unspecified atom stereocenters. The Morgan fingerprint density at radius 1 is 0.696 bits per heavy atom. The van der Waals surface area contributed by atoms with Crippen LogP contribution in [0.15, 0.2) is 121 Å². The van der Waals surface area contributed by atoms with Crippen LogP contribution >= 0.6 is 24.1 Å². The van der Waals surface area contributed by atoms with Gasteiger partial charge in [0.05, 0.1) is 41.8 Å². The van der Waals surface area contributed by atoms with Crippen LogP contribution in [0.4, 0.5) is 34.1 Å². The fourth-order valence-electron chi connectivity index (χ4n) is 4.07. The Balaban J connectivity index is 0.00000480. The molecule has 1 radical (unpaired) electrons. The second-order valence-electron chi connectivity index (χ2n) is 8.86. The van der Waals surface area contributed by atoms with Crippen LogP contribution in [0, 0.1) is 0 Å². The number of benzene rings is 5. The van der Waals surface area contributed by atoms with Crippen LogP contribution in [0.5, 0.6) is 17.2 Å². The molecule has 0 atom stereocenters. The summed E-state index contributed by atoms with van der Waals surface area (Å²) in [6, 6.07) is 26.0. The van der Waals surface area contributed by atoms with E-state index >= 15 is 0 Å². The number of para-hydroxylation sites is 1. The third-order valence-corrected chi connectivity index (χ3v) is 7.25. The van der Waals surface area contributed by atoms with E-state index in [1.165, 1.54) is 19.2 Å². The molecule has 0 heterocycles. The minimum absolute atomic E-state index is 0. The number of phenolic OH excluding ortho intramolecular Hbond substituents is 2. The van der Waals surface area contributed by atoms with Crippen LogP contribution in [0.2, 0.25) is 0 Å². The maximum absolute atomic E-state index is 11.2. The number of hydrogen-bond donors (Lipinski definition) is 5. The van der Waals surface area contributed by atoms with Crippen molar-refractivity contribution >= 4 is 69.0 Å². The second kappa shape index (κ2) is 16.9. The zero-order chi connectivity index (χ0) is 31.6. The van der Waals surface area contributed by atoms with E-state index in [9.17, 15) is 10.2 Å². The number of nitrogens with zero attached hydrogens (tertiary/aromatic N) is 4. The van der Waals surface area contributed by atoms with Crippen molar-refractivity contribution < 1.29 is 61.3 Å². The average Bonchev–Trinajstić information content (AvgIpc) is 3.06. The number of hydrogen-bond acceptors (Lipinski definition) is 16.